The van der Waals surface area contributed by atoms with Crippen molar-refractivity contribution in [2.45, 2.75) is 25.6 Å². The Morgan fingerprint density at radius 1 is 1.10 bits per heavy atom. The van der Waals surface area contributed by atoms with Gasteiger partial charge in [0.05, 0.1) is 6.10 Å². The van der Waals surface area contributed by atoms with E-state index in [4.69, 9.17) is 27.9 Å². The molecule has 0 radical (unpaired) electrons. The van der Waals surface area contributed by atoms with Crippen LogP contribution in [0.3, 0.4) is 0 Å². The van der Waals surface area contributed by atoms with Crippen LogP contribution in [0, 0.1) is 6.92 Å². The van der Waals surface area contributed by atoms with Crippen molar-refractivity contribution in [1.29, 1.82) is 0 Å². The molecule has 0 saturated heterocycles. The van der Waals surface area contributed by atoms with Crippen LogP contribution in [0.4, 0.5) is 0 Å². The summed E-state index contributed by atoms with van der Waals surface area (Å²) in [5.41, 5.74) is 2.79. The molecular weight excluding hydrogens is 295 g/mol. The Hall–Kier alpha value is -1.22. The summed E-state index contributed by atoms with van der Waals surface area (Å²) in [5, 5.41) is 11.5. The van der Waals surface area contributed by atoms with Gasteiger partial charge in [-0.15, -0.1) is 0 Å². The fourth-order valence-corrected chi connectivity index (χ4v) is 3.05. The van der Waals surface area contributed by atoms with Crippen molar-refractivity contribution in [2.75, 3.05) is 0 Å². The van der Waals surface area contributed by atoms with Crippen LogP contribution in [0.25, 0.3) is 0 Å². The first-order valence-electron chi connectivity index (χ1n) is 6.45. The van der Waals surface area contributed by atoms with Crippen LogP contribution >= 0.6 is 23.2 Å². The first kappa shape index (κ1) is 13.7. The Balaban J connectivity index is 1.97. The van der Waals surface area contributed by atoms with Crippen LogP contribution in [-0.4, -0.2) is 5.11 Å². The molecule has 104 valence electrons. The summed E-state index contributed by atoms with van der Waals surface area (Å²) in [5.74, 6) is 0.713. The Labute approximate surface area is 127 Å². The van der Waals surface area contributed by atoms with Crippen molar-refractivity contribution in [2.24, 2.45) is 0 Å². The largest absolute Gasteiger partial charge is 0.485 e. The van der Waals surface area contributed by atoms with Crippen molar-refractivity contribution in [1.82, 2.24) is 0 Å². The lowest BCUT2D eigenvalue weighted by Crippen LogP contribution is -2.19. The second kappa shape index (κ2) is 5.28. The number of ether oxygens (including phenoxy) is 1. The monoisotopic (exact) mass is 308 g/mol. The van der Waals surface area contributed by atoms with E-state index in [9.17, 15) is 5.11 Å². The fourth-order valence-electron chi connectivity index (χ4n) is 2.52. The molecule has 0 spiro atoms. The predicted octanol–water partition coefficient (Wildman–Crippen LogP) is 4.86. The van der Waals surface area contributed by atoms with E-state index in [0.717, 1.165) is 16.7 Å². The topological polar surface area (TPSA) is 29.5 Å². The Kier molecular flexibility index (Phi) is 3.63. The van der Waals surface area contributed by atoms with E-state index in [-0.39, 0.29) is 6.10 Å². The van der Waals surface area contributed by atoms with Gasteiger partial charge in [-0.25, -0.2) is 0 Å². The third kappa shape index (κ3) is 2.51. The van der Waals surface area contributed by atoms with Crippen LogP contribution in [0.15, 0.2) is 36.4 Å². The maximum atomic E-state index is 10.3. The minimum absolute atomic E-state index is 0.259. The molecule has 1 unspecified atom stereocenters. The second-order valence-electron chi connectivity index (χ2n) is 5.07. The number of rotatable bonds is 1. The molecule has 4 heteroatoms. The highest BCUT2D eigenvalue weighted by atomic mass is 35.5. The molecule has 0 fully saturated rings. The van der Waals surface area contributed by atoms with E-state index in [2.05, 4.69) is 0 Å². The third-order valence-corrected chi connectivity index (χ3v) is 4.10. The van der Waals surface area contributed by atoms with Crippen molar-refractivity contribution >= 4 is 23.2 Å². The van der Waals surface area contributed by atoms with E-state index in [1.54, 1.807) is 12.1 Å². The smallest absolute Gasteiger partial charge is 0.128 e. The molecule has 0 aliphatic carbocycles. The minimum Gasteiger partial charge on any atom is -0.485 e. The molecule has 2 nitrogen and oxygen atoms in total. The van der Waals surface area contributed by atoms with Gasteiger partial charge in [-0.2, -0.15) is 0 Å². The maximum Gasteiger partial charge on any atom is 0.128 e. The highest BCUT2D eigenvalue weighted by Crippen LogP contribution is 2.42. The van der Waals surface area contributed by atoms with E-state index in [1.165, 1.54) is 0 Å². The van der Waals surface area contributed by atoms with Crippen LogP contribution in [0.2, 0.25) is 10.0 Å². The molecule has 0 amide bonds. The van der Waals surface area contributed by atoms with Crippen LogP contribution in [0.5, 0.6) is 5.75 Å². The molecule has 20 heavy (non-hydrogen) atoms. The molecule has 2 aromatic rings. The lowest BCUT2D eigenvalue weighted by atomic mass is 9.94. The number of hydrogen-bond donors (Lipinski definition) is 1. The molecule has 2 atom stereocenters. The van der Waals surface area contributed by atoms with Gasteiger partial charge in [-0.1, -0.05) is 40.9 Å². The van der Waals surface area contributed by atoms with Crippen molar-refractivity contribution < 1.29 is 9.84 Å². The SMILES string of the molecule is Cc1ccc2c(c1)[C@@H](O)CC(c1ccc(Cl)cc1Cl)O2. The number of aliphatic hydroxyl groups is 1. The number of aryl methyl sites for hydroxylation is 1. The average Bonchev–Trinajstić information content (AvgIpc) is 2.39. The molecular formula is C16H14Cl2O2. The zero-order valence-corrected chi connectivity index (χ0v) is 12.4. The Bertz CT molecular complexity index is 655. The summed E-state index contributed by atoms with van der Waals surface area (Å²) >= 11 is 12.1. The number of benzene rings is 2. The molecule has 1 aliphatic rings. The Morgan fingerprint density at radius 3 is 2.65 bits per heavy atom. The lowest BCUT2D eigenvalue weighted by molar-refractivity contribution is 0.0657. The predicted molar refractivity (Wildman–Crippen MR) is 80.6 cm³/mol. The third-order valence-electron chi connectivity index (χ3n) is 3.54. The van der Waals surface area contributed by atoms with Crippen LogP contribution < -0.4 is 4.74 Å². The molecule has 0 saturated carbocycles. The molecule has 2 aromatic carbocycles. The van der Waals surface area contributed by atoms with Gasteiger partial charge in [-0.3, -0.25) is 0 Å². The highest BCUT2D eigenvalue weighted by Gasteiger charge is 2.29. The van der Waals surface area contributed by atoms with Gasteiger partial charge in [0, 0.05) is 27.6 Å². The van der Waals surface area contributed by atoms with E-state index < -0.39 is 6.10 Å². The van der Waals surface area contributed by atoms with Gasteiger partial charge in [0.25, 0.3) is 0 Å². The number of halogens is 2. The Morgan fingerprint density at radius 2 is 1.90 bits per heavy atom. The highest BCUT2D eigenvalue weighted by molar-refractivity contribution is 6.35. The standard InChI is InChI=1S/C16H14Cl2O2/c1-9-2-5-15-12(6-9)14(19)8-16(20-15)11-4-3-10(17)7-13(11)18/h2-7,14,16,19H,8H2,1H3/t14-,16?/m0/s1. The van der Waals surface area contributed by atoms with E-state index >= 15 is 0 Å². The molecule has 0 aromatic heterocycles. The molecule has 1 N–H and O–H groups in total. The summed E-state index contributed by atoms with van der Waals surface area (Å²) in [7, 11) is 0. The first-order chi connectivity index (χ1) is 9.54. The zero-order chi connectivity index (χ0) is 14.3. The normalized spacial score (nSPS) is 21.2. The fraction of sp³-hybridized carbons (Fsp3) is 0.250. The van der Waals surface area contributed by atoms with Gasteiger partial charge in [0.2, 0.25) is 0 Å². The lowest BCUT2D eigenvalue weighted by Gasteiger charge is -2.30. The molecule has 3 rings (SSSR count). The van der Waals surface area contributed by atoms with Gasteiger partial charge in [-0.05, 0) is 31.2 Å². The second-order valence-corrected chi connectivity index (χ2v) is 5.91. The molecule has 0 bridgehead atoms. The number of hydrogen-bond acceptors (Lipinski definition) is 2. The number of fused-ring (bicyclic) bond motifs is 1. The van der Waals surface area contributed by atoms with Gasteiger partial charge in [0.1, 0.15) is 11.9 Å². The molecule has 1 aliphatic heterocycles. The quantitative estimate of drug-likeness (QED) is 0.815. The minimum atomic E-state index is -0.546. The number of aliphatic hydroxyl groups excluding tert-OH is 1. The van der Waals surface area contributed by atoms with Gasteiger partial charge in [0.15, 0.2) is 0 Å². The van der Waals surface area contributed by atoms with E-state index in [0.29, 0.717) is 22.2 Å². The van der Waals surface area contributed by atoms with Crippen molar-refractivity contribution in [3.63, 3.8) is 0 Å². The van der Waals surface area contributed by atoms with E-state index in [1.807, 2.05) is 31.2 Å². The zero-order valence-electron chi connectivity index (χ0n) is 10.9. The molecule has 1 heterocycles. The van der Waals surface area contributed by atoms with Crippen LogP contribution in [-0.2, 0) is 0 Å². The van der Waals surface area contributed by atoms with Gasteiger partial charge >= 0.3 is 0 Å². The summed E-state index contributed by atoms with van der Waals surface area (Å²) in [6.45, 7) is 2.00. The maximum absolute atomic E-state index is 10.3. The average molecular weight is 309 g/mol. The summed E-state index contributed by atoms with van der Waals surface area (Å²) < 4.78 is 5.98. The first-order valence-corrected chi connectivity index (χ1v) is 7.20. The summed E-state index contributed by atoms with van der Waals surface area (Å²) in [6.07, 6.45) is -0.321. The van der Waals surface area contributed by atoms with Gasteiger partial charge < -0.3 is 9.84 Å². The summed E-state index contributed by atoms with van der Waals surface area (Å²) in [4.78, 5) is 0. The van der Waals surface area contributed by atoms with Crippen LogP contribution in [0.1, 0.15) is 35.3 Å². The summed E-state index contributed by atoms with van der Waals surface area (Å²) in [6, 6.07) is 11.1. The van der Waals surface area contributed by atoms with Crippen molar-refractivity contribution in [3.05, 3.63) is 63.1 Å². The van der Waals surface area contributed by atoms with Crippen molar-refractivity contribution in [3.8, 4) is 5.75 Å².